The van der Waals surface area contributed by atoms with Crippen LogP contribution in [0.3, 0.4) is 0 Å². The van der Waals surface area contributed by atoms with Gasteiger partial charge < -0.3 is 20.3 Å². The fourth-order valence-electron chi connectivity index (χ4n) is 1.42. The molecule has 1 rings (SSSR count). The minimum atomic E-state index is -0.496. The van der Waals surface area contributed by atoms with Crippen molar-refractivity contribution in [2.24, 2.45) is 5.73 Å². The molecule has 0 saturated carbocycles. The van der Waals surface area contributed by atoms with E-state index in [1.807, 2.05) is 6.92 Å². The summed E-state index contributed by atoms with van der Waals surface area (Å²) >= 11 is 0. The number of phenolic OH excluding ortho intramolecular Hbond substituents is 1. The second-order valence-electron chi connectivity index (χ2n) is 3.55. The maximum Gasteiger partial charge on any atom is 0.307 e. The van der Waals surface area contributed by atoms with Crippen molar-refractivity contribution in [1.29, 1.82) is 0 Å². The Balaban J connectivity index is 2.78. The highest BCUT2D eigenvalue weighted by atomic mass is 16.5. The first-order chi connectivity index (χ1) is 8.08. The highest BCUT2D eigenvalue weighted by Crippen LogP contribution is 2.29. The molecule has 0 aromatic heterocycles. The molecule has 0 radical (unpaired) electrons. The molecule has 0 aliphatic heterocycles. The van der Waals surface area contributed by atoms with E-state index in [-0.39, 0.29) is 18.1 Å². The van der Waals surface area contributed by atoms with Gasteiger partial charge in [0.25, 0.3) is 0 Å². The van der Waals surface area contributed by atoms with E-state index in [9.17, 15) is 9.90 Å². The molecule has 1 atom stereocenters. The summed E-state index contributed by atoms with van der Waals surface area (Å²) in [5.41, 5.74) is 6.47. The Bertz CT molecular complexity index is 392. The summed E-state index contributed by atoms with van der Waals surface area (Å²) in [6, 6.07) is 4.35. The highest BCUT2D eigenvalue weighted by molar-refractivity contribution is 5.70. The summed E-state index contributed by atoms with van der Waals surface area (Å²) in [4.78, 5) is 11.1. The monoisotopic (exact) mass is 239 g/mol. The minimum Gasteiger partial charge on any atom is -0.504 e. The fraction of sp³-hybridized carbons (Fsp3) is 0.417. The zero-order valence-corrected chi connectivity index (χ0v) is 9.97. The van der Waals surface area contributed by atoms with E-state index in [4.69, 9.17) is 10.5 Å². The van der Waals surface area contributed by atoms with Crippen LogP contribution in [0.2, 0.25) is 0 Å². The lowest BCUT2D eigenvalue weighted by Gasteiger charge is -2.12. The average Bonchev–Trinajstić information content (AvgIpc) is 2.31. The molecule has 0 aliphatic rings. The Morgan fingerprint density at radius 1 is 1.53 bits per heavy atom. The van der Waals surface area contributed by atoms with Gasteiger partial charge in [0.1, 0.15) is 0 Å². The van der Waals surface area contributed by atoms with Gasteiger partial charge in [0.2, 0.25) is 0 Å². The molecule has 1 aromatic rings. The predicted molar refractivity (Wildman–Crippen MR) is 62.8 cm³/mol. The van der Waals surface area contributed by atoms with Gasteiger partial charge in [0.15, 0.2) is 11.5 Å². The van der Waals surface area contributed by atoms with E-state index < -0.39 is 6.04 Å². The van der Waals surface area contributed by atoms with Crippen molar-refractivity contribution in [2.45, 2.75) is 19.4 Å². The number of rotatable bonds is 5. The second-order valence-corrected chi connectivity index (χ2v) is 3.55. The van der Waals surface area contributed by atoms with Gasteiger partial charge in [-0.25, -0.2) is 0 Å². The van der Waals surface area contributed by atoms with E-state index in [1.54, 1.807) is 12.1 Å². The van der Waals surface area contributed by atoms with Gasteiger partial charge in [-0.15, -0.1) is 0 Å². The van der Waals surface area contributed by atoms with Crippen molar-refractivity contribution in [3.05, 3.63) is 23.8 Å². The van der Waals surface area contributed by atoms with Crippen molar-refractivity contribution < 1.29 is 19.4 Å². The number of methoxy groups -OCH3 is 1. The molecular weight excluding hydrogens is 222 g/mol. The number of esters is 1. The van der Waals surface area contributed by atoms with E-state index in [2.05, 4.69) is 4.74 Å². The van der Waals surface area contributed by atoms with Crippen molar-refractivity contribution >= 4 is 5.97 Å². The molecule has 5 nitrogen and oxygen atoms in total. The molecule has 3 N–H and O–H groups in total. The van der Waals surface area contributed by atoms with Crippen LogP contribution < -0.4 is 10.5 Å². The van der Waals surface area contributed by atoms with Gasteiger partial charge >= 0.3 is 5.97 Å². The molecule has 0 fully saturated rings. The Hall–Kier alpha value is -1.75. The number of aromatic hydroxyl groups is 1. The minimum absolute atomic E-state index is 0.0182. The summed E-state index contributed by atoms with van der Waals surface area (Å²) in [6.07, 6.45) is 0.0733. The Kier molecular flexibility index (Phi) is 4.78. The van der Waals surface area contributed by atoms with Crippen molar-refractivity contribution in [3.8, 4) is 11.5 Å². The number of benzene rings is 1. The lowest BCUT2D eigenvalue weighted by atomic mass is 10.0. The molecule has 0 saturated heterocycles. The molecule has 5 heteroatoms. The predicted octanol–water partition coefficient (Wildman–Crippen LogP) is 1.35. The molecule has 0 bridgehead atoms. The molecular formula is C12H17NO4. The largest absolute Gasteiger partial charge is 0.504 e. The molecule has 1 aromatic carbocycles. The number of ether oxygens (including phenoxy) is 2. The molecule has 0 amide bonds. The van der Waals surface area contributed by atoms with Crippen LogP contribution in [-0.4, -0.2) is 24.8 Å². The first-order valence-corrected chi connectivity index (χ1v) is 5.36. The summed E-state index contributed by atoms with van der Waals surface area (Å²) in [7, 11) is 1.31. The lowest BCUT2D eigenvalue weighted by Crippen LogP contribution is -2.16. The standard InChI is InChI=1S/C12H17NO4/c1-3-17-11-5-4-8(6-10(11)14)9(13)7-12(15)16-2/h4-6,9,14H,3,7,13H2,1-2H3/t9-/m0/s1. The Labute approximate surface area is 100 Å². The molecule has 94 valence electrons. The topological polar surface area (TPSA) is 81.8 Å². The molecule has 0 spiro atoms. The van der Waals surface area contributed by atoms with Crippen molar-refractivity contribution in [2.75, 3.05) is 13.7 Å². The second kappa shape index (κ2) is 6.10. The third-order valence-corrected chi connectivity index (χ3v) is 2.33. The summed E-state index contributed by atoms with van der Waals surface area (Å²) in [5, 5.41) is 9.67. The van der Waals surface area contributed by atoms with Crippen LogP contribution in [0.4, 0.5) is 0 Å². The third kappa shape index (κ3) is 3.64. The number of phenols is 1. The maximum absolute atomic E-state index is 11.1. The van der Waals surface area contributed by atoms with E-state index >= 15 is 0 Å². The quantitative estimate of drug-likeness (QED) is 0.758. The van der Waals surface area contributed by atoms with Gasteiger partial charge in [-0.2, -0.15) is 0 Å². The first-order valence-electron chi connectivity index (χ1n) is 5.36. The van der Waals surface area contributed by atoms with Gasteiger partial charge in [-0.1, -0.05) is 6.07 Å². The Morgan fingerprint density at radius 3 is 2.76 bits per heavy atom. The highest BCUT2D eigenvalue weighted by Gasteiger charge is 2.13. The van der Waals surface area contributed by atoms with Crippen LogP contribution in [-0.2, 0) is 9.53 Å². The smallest absolute Gasteiger partial charge is 0.307 e. The molecule has 17 heavy (non-hydrogen) atoms. The van der Waals surface area contributed by atoms with Crippen LogP contribution in [0.1, 0.15) is 24.9 Å². The van der Waals surface area contributed by atoms with Crippen molar-refractivity contribution in [1.82, 2.24) is 0 Å². The lowest BCUT2D eigenvalue weighted by molar-refractivity contribution is -0.141. The zero-order valence-electron chi connectivity index (χ0n) is 9.97. The van der Waals surface area contributed by atoms with Gasteiger partial charge in [0.05, 0.1) is 20.1 Å². The van der Waals surface area contributed by atoms with Crippen LogP contribution in [0, 0.1) is 0 Å². The summed E-state index contributed by atoms with van der Waals surface area (Å²) in [5.74, 6) is 0.0389. The van der Waals surface area contributed by atoms with E-state index in [0.717, 1.165) is 0 Å². The molecule has 0 unspecified atom stereocenters. The fourth-order valence-corrected chi connectivity index (χ4v) is 1.42. The number of carbonyl (C=O) groups excluding carboxylic acids is 1. The van der Waals surface area contributed by atoms with Crippen LogP contribution in [0.25, 0.3) is 0 Å². The summed E-state index contributed by atoms with van der Waals surface area (Å²) < 4.78 is 9.72. The molecule has 0 aliphatic carbocycles. The van der Waals surface area contributed by atoms with Crippen LogP contribution >= 0.6 is 0 Å². The third-order valence-electron chi connectivity index (χ3n) is 2.33. The normalized spacial score (nSPS) is 11.9. The molecule has 0 heterocycles. The first kappa shape index (κ1) is 13.3. The maximum atomic E-state index is 11.1. The van der Waals surface area contributed by atoms with Crippen LogP contribution in [0.15, 0.2) is 18.2 Å². The number of carbonyl (C=O) groups is 1. The average molecular weight is 239 g/mol. The van der Waals surface area contributed by atoms with E-state index in [1.165, 1.54) is 13.2 Å². The van der Waals surface area contributed by atoms with Crippen molar-refractivity contribution in [3.63, 3.8) is 0 Å². The SMILES string of the molecule is CCOc1ccc([C@@H](N)CC(=O)OC)cc1O. The van der Waals surface area contributed by atoms with E-state index in [0.29, 0.717) is 17.9 Å². The number of hydrogen-bond donors (Lipinski definition) is 2. The number of hydrogen-bond acceptors (Lipinski definition) is 5. The van der Waals surface area contributed by atoms with Crippen LogP contribution in [0.5, 0.6) is 11.5 Å². The Morgan fingerprint density at radius 2 is 2.24 bits per heavy atom. The number of nitrogens with two attached hydrogens (primary N) is 1. The van der Waals surface area contributed by atoms with Gasteiger partial charge in [-0.3, -0.25) is 4.79 Å². The van der Waals surface area contributed by atoms with Gasteiger partial charge in [0, 0.05) is 6.04 Å². The van der Waals surface area contributed by atoms with Gasteiger partial charge in [-0.05, 0) is 24.6 Å². The zero-order chi connectivity index (χ0) is 12.8. The summed E-state index contributed by atoms with van der Waals surface area (Å²) in [6.45, 7) is 2.30.